The molecule has 1 aliphatic rings. The molecule has 1 heterocycles. The molecule has 1 fully saturated rings. The van der Waals surface area contributed by atoms with Crippen molar-refractivity contribution in [2.45, 2.75) is 45.7 Å². The van der Waals surface area contributed by atoms with Gasteiger partial charge in [-0.25, -0.2) is 4.79 Å². The zero-order valence-corrected chi connectivity index (χ0v) is 10.7. The highest BCUT2D eigenvalue weighted by molar-refractivity contribution is 5.85. The van der Waals surface area contributed by atoms with E-state index < -0.39 is 12.0 Å². The number of nitrogens with zero attached hydrogens (tertiary/aromatic N) is 1. The van der Waals surface area contributed by atoms with Crippen molar-refractivity contribution in [3.63, 3.8) is 0 Å². The van der Waals surface area contributed by atoms with Crippen LogP contribution >= 0.6 is 0 Å². The molecule has 0 aromatic rings. The first-order valence-electron chi connectivity index (χ1n) is 6.15. The van der Waals surface area contributed by atoms with Crippen molar-refractivity contribution in [2.24, 2.45) is 17.6 Å². The van der Waals surface area contributed by atoms with Crippen LogP contribution in [0.5, 0.6) is 0 Å². The molecule has 0 aromatic carbocycles. The van der Waals surface area contributed by atoms with E-state index in [1.165, 1.54) is 4.90 Å². The third-order valence-electron chi connectivity index (χ3n) is 3.65. The maximum Gasteiger partial charge on any atom is 0.326 e. The molecule has 1 aliphatic heterocycles. The number of piperidine rings is 1. The second kappa shape index (κ2) is 5.49. The summed E-state index contributed by atoms with van der Waals surface area (Å²) >= 11 is 0. The van der Waals surface area contributed by atoms with E-state index in [2.05, 4.69) is 0 Å². The van der Waals surface area contributed by atoms with E-state index in [1.807, 2.05) is 6.92 Å². The normalized spacial score (nSPS) is 28.6. The molecule has 0 aliphatic carbocycles. The molecule has 0 spiro atoms. The van der Waals surface area contributed by atoms with Crippen LogP contribution in [-0.4, -0.2) is 40.5 Å². The van der Waals surface area contributed by atoms with E-state index in [0.717, 1.165) is 12.8 Å². The van der Waals surface area contributed by atoms with Crippen LogP contribution in [0.25, 0.3) is 0 Å². The van der Waals surface area contributed by atoms with Gasteiger partial charge < -0.3 is 15.7 Å². The van der Waals surface area contributed by atoms with Gasteiger partial charge in [-0.2, -0.15) is 0 Å². The van der Waals surface area contributed by atoms with Crippen LogP contribution in [0.3, 0.4) is 0 Å². The van der Waals surface area contributed by atoms with Crippen molar-refractivity contribution in [2.75, 3.05) is 6.54 Å². The zero-order chi connectivity index (χ0) is 13.2. The minimum Gasteiger partial charge on any atom is -0.480 e. The maximum atomic E-state index is 12.2. The van der Waals surface area contributed by atoms with Gasteiger partial charge >= 0.3 is 5.97 Å². The lowest BCUT2D eigenvalue weighted by molar-refractivity contribution is -0.156. The van der Waals surface area contributed by atoms with Crippen LogP contribution in [0.2, 0.25) is 0 Å². The van der Waals surface area contributed by atoms with Crippen molar-refractivity contribution >= 4 is 11.9 Å². The largest absolute Gasteiger partial charge is 0.480 e. The molecule has 4 unspecified atom stereocenters. The van der Waals surface area contributed by atoms with Gasteiger partial charge in [0.05, 0.1) is 5.92 Å². The fraction of sp³-hybridized carbons (Fsp3) is 0.833. The van der Waals surface area contributed by atoms with Crippen LogP contribution in [0.1, 0.15) is 33.6 Å². The highest BCUT2D eigenvalue weighted by Gasteiger charge is 2.38. The Morgan fingerprint density at radius 2 is 2.00 bits per heavy atom. The number of nitrogens with two attached hydrogens (primary N) is 1. The van der Waals surface area contributed by atoms with Crippen molar-refractivity contribution in [1.29, 1.82) is 0 Å². The molecule has 4 atom stereocenters. The number of carbonyl (C=O) groups excluding carboxylic acids is 1. The highest BCUT2D eigenvalue weighted by atomic mass is 16.4. The molecule has 1 amide bonds. The fourth-order valence-corrected chi connectivity index (χ4v) is 2.30. The zero-order valence-electron chi connectivity index (χ0n) is 10.7. The Morgan fingerprint density at radius 1 is 1.41 bits per heavy atom. The average Bonchev–Trinajstić information content (AvgIpc) is 2.25. The van der Waals surface area contributed by atoms with Gasteiger partial charge in [0.2, 0.25) is 5.91 Å². The third-order valence-corrected chi connectivity index (χ3v) is 3.65. The van der Waals surface area contributed by atoms with Crippen molar-refractivity contribution in [1.82, 2.24) is 4.90 Å². The van der Waals surface area contributed by atoms with Gasteiger partial charge in [0.1, 0.15) is 6.04 Å². The fourth-order valence-electron chi connectivity index (χ4n) is 2.30. The van der Waals surface area contributed by atoms with Crippen LogP contribution in [0.4, 0.5) is 0 Å². The lowest BCUT2D eigenvalue weighted by atomic mass is 9.89. The summed E-state index contributed by atoms with van der Waals surface area (Å²) in [5, 5.41) is 9.22. The van der Waals surface area contributed by atoms with E-state index >= 15 is 0 Å². The molecule has 1 saturated heterocycles. The minimum absolute atomic E-state index is 0.00507. The summed E-state index contributed by atoms with van der Waals surface area (Å²) in [7, 11) is 0. The first kappa shape index (κ1) is 14.0. The Hall–Kier alpha value is -1.10. The molecule has 5 nitrogen and oxygen atoms in total. The van der Waals surface area contributed by atoms with Gasteiger partial charge in [-0.05, 0) is 25.7 Å². The first-order valence-corrected chi connectivity index (χ1v) is 6.15. The Kier molecular flexibility index (Phi) is 4.51. The molecule has 0 aromatic heterocycles. The van der Waals surface area contributed by atoms with Gasteiger partial charge in [-0.1, -0.05) is 13.8 Å². The van der Waals surface area contributed by atoms with Crippen LogP contribution in [0, 0.1) is 11.8 Å². The van der Waals surface area contributed by atoms with Crippen molar-refractivity contribution < 1.29 is 14.7 Å². The van der Waals surface area contributed by atoms with E-state index in [4.69, 9.17) is 5.73 Å². The van der Waals surface area contributed by atoms with E-state index in [9.17, 15) is 14.7 Å². The quantitative estimate of drug-likeness (QED) is 0.762. The summed E-state index contributed by atoms with van der Waals surface area (Å²) in [4.78, 5) is 24.9. The first-order chi connectivity index (χ1) is 7.86. The molecule has 0 radical (unpaired) electrons. The minimum atomic E-state index is -0.914. The summed E-state index contributed by atoms with van der Waals surface area (Å²) < 4.78 is 0. The van der Waals surface area contributed by atoms with E-state index in [1.54, 1.807) is 13.8 Å². The van der Waals surface area contributed by atoms with Crippen LogP contribution in [-0.2, 0) is 9.59 Å². The number of aliphatic carboxylic acids is 1. The van der Waals surface area contributed by atoms with Gasteiger partial charge in [0.25, 0.3) is 0 Å². The molecule has 1 rings (SSSR count). The number of rotatable bonds is 3. The second-order valence-corrected chi connectivity index (χ2v) is 5.08. The van der Waals surface area contributed by atoms with Crippen LogP contribution in [0.15, 0.2) is 0 Å². The topological polar surface area (TPSA) is 83.6 Å². The Balaban J connectivity index is 2.86. The van der Waals surface area contributed by atoms with Crippen molar-refractivity contribution in [3.8, 4) is 0 Å². The van der Waals surface area contributed by atoms with Gasteiger partial charge in [-0.3, -0.25) is 4.79 Å². The molecule has 17 heavy (non-hydrogen) atoms. The molecule has 98 valence electrons. The number of likely N-dealkylation sites (tertiary alicyclic amines) is 1. The summed E-state index contributed by atoms with van der Waals surface area (Å²) in [6, 6.07) is -0.952. The Labute approximate surface area is 102 Å². The SMILES string of the molecule is CC(N)C(C)C(=O)N1CCCC(C)C1C(=O)O. The molecule has 5 heteroatoms. The molecular formula is C12H22N2O3. The summed E-state index contributed by atoms with van der Waals surface area (Å²) in [6.45, 7) is 5.93. The van der Waals surface area contributed by atoms with Gasteiger partial charge in [-0.15, -0.1) is 0 Å². The molecule has 3 N–H and O–H groups in total. The monoisotopic (exact) mass is 242 g/mol. The number of carboxylic acid groups (broad SMARTS) is 1. The number of amides is 1. The molecule has 0 saturated carbocycles. The van der Waals surface area contributed by atoms with Crippen molar-refractivity contribution in [3.05, 3.63) is 0 Å². The number of hydrogen-bond donors (Lipinski definition) is 2. The standard InChI is InChI=1S/C12H22N2O3/c1-7-5-4-6-14(10(7)12(16)17)11(15)8(2)9(3)13/h7-10H,4-6,13H2,1-3H3,(H,16,17). The smallest absolute Gasteiger partial charge is 0.326 e. The van der Waals surface area contributed by atoms with E-state index in [-0.39, 0.29) is 23.8 Å². The van der Waals surface area contributed by atoms with Gasteiger partial charge in [0.15, 0.2) is 0 Å². The predicted octanol–water partition coefficient (Wildman–Crippen LogP) is 0.681. The Bertz CT molecular complexity index is 304. The number of carbonyl (C=O) groups is 2. The third kappa shape index (κ3) is 2.97. The number of carboxylic acids is 1. The summed E-state index contributed by atoms with van der Waals surface area (Å²) in [6.07, 6.45) is 1.72. The maximum absolute atomic E-state index is 12.2. The summed E-state index contributed by atoms with van der Waals surface area (Å²) in [5.41, 5.74) is 5.70. The molecular weight excluding hydrogens is 220 g/mol. The lowest BCUT2D eigenvalue weighted by Gasteiger charge is -2.39. The average molecular weight is 242 g/mol. The Morgan fingerprint density at radius 3 is 2.47 bits per heavy atom. The second-order valence-electron chi connectivity index (χ2n) is 5.08. The van der Waals surface area contributed by atoms with Crippen LogP contribution < -0.4 is 5.73 Å². The number of hydrogen-bond acceptors (Lipinski definition) is 3. The summed E-state index contributed by atoms with van der Waals surface area (Å²) in [5.74, 6) is -1.38. The van der Waals surface area contributed by atoms with Gasteiger partial charge in [0, 0.05) is 12.6 Å². The van der Waals surface area contributed by atoms with E-state index in [0.29, 0.717) is 6.54 Å². The molecule has 0 bridgehead atoms. The lowest BCUT2D eigenvalue weighted by Crippen LogP contribution is -2.54. The predicted molar refractivity (Wildman–Crippen MR) is 64.3 cm³/mol. The highest BCUT2D eigenvalue weighted by Crippen LogP contribution is 2.25.